The Hall–Kier alpha value is -1.49. The number of carboxylic acid groups (broad SMARTS) is 1. The van der Waals surface area contributed by atoms with Gasteiger partial charge in [0.25, 0.3) is 0 Å². The van der Waals surface area contributed by atoms with Gasteiger partial charge in [0.05, 0.1) is 5.92 Å². The molecule has 1 N–H and O–H groups in total. The van der Waals surface area contributed by atoms with Crippen molar-refractivity contribution in [1.29, 1.82) is 0 Å². The average molecular weight is 264 g/mol. The van der Waals surface area contributed by atoms with Gasteiger partial charge < -0.3 is 9.84 Å². The molecule has 5 nitrogen and oxygen atoms in total. The van der Waals surface area contributed by atoms with Crippen LogP contribution in [-0.4, -0.2) is 27.7 Å². The van der Waals surface area contributed by atoms with E-state index in [1.807, 2.05) is 13.8 Å². The van der Waals surface area contributed by atoms with E-state index in [1.54, 1.807) is 6.20 Å². The summed E-state index contributed by atoms with van der Waals surface area (Å²) in [6.07, 6.45) is 4.46. The molecule has 0 aliphatic heterocycles. The summed E-state index contributed by atoms with van der Waals surface area (Å²) in [7, 11) is 0. The zero-order chi connectivity index (χ0) is 13.8. The van der Waals surface area contributed by atoms with Crippen LogP contribution in [-0.2, 0) is 22.4 Å². The molecule has 0 fully saturated rings. The molecule has 0 spiro atoms. The summed E-state index contributed by atoms with van der Waals surface area (Å²) in [5, 5.41) is 9.05. The zero-order valence-electron chi connectivity index (χ0n) is 11.4. The molecule has 0 radical (unpaired) electrons. The molecule has 5 heteroatoms. The molecule has 104 valence electrons. The first-order valence-electron chi connectivity index (χ1n) is 6.84. The summed E-state index contributed by atoms with van der Waals surface area (Å²) < 4.78 is 5.61. The second kappa shape index (κ2) is 6.10. The van der Waals surface area contributed by atoms with Crippen molar-refractivity contribution in [2.45, 2.75) is 45.6 Å². The number of aryl methyl sites for hydroxylation is 1. The highest BCUT2D eigenvalue weighted by atomic mass is 16.5. The quantitative estimate of drug-likeness (QED) is 0.882. The van der Waals surface area contributed by atoms with E-state index in [4.69, 9.17) is 9.84 Å². The summed E-state index contributed by atoms with van der Waals surface area (Å²) in [5.41, 5.74) is 1.95. The van der Waals surface area contributed by atoms with E-state index in [-0.39, 0.29) is 12.0 Å². The Morgan fingerprint density at radius 3 is 3.00 bits per heavy atom. The SMILES string of the molecule is CCOC(CC)c1ncc2c(n1)CCC(C(=O)O)C2. The predicted octanol–water partition coefficient (Wildman–Crippen LogP) is 2.15. The maximum Gasteiger partial charge on any atom is 0.306 e. The number of hydrogen-bond donors (Lipinski definition) is 1. The van der Waals surface area contributed by atoms with Crippen LogP contribution in [0.2, 0.25) is 0 Å². The molecule has 0 bridgehead atoms. The van der Waals surface area contributed by atoms with Gasteiger partial charge in [-0.2, -0.15) is 0 Å². The fraction of sp³-hybridized carbons (Fsp3) is 0.643. The van der Waals surface area contributed by atoms with Gasteiger partial charge in [0, 0.05) is 18.5 Å². The Morgan fingerprint density at radius 1 is 1.58 bits per heavy atom. The first-order valence-corrected chi connectivity index (χ1v) is 6.84. The molecule has 0 saturated carbocycles. The molecular weight excluding hydrogens is 244 g/mol. The zero-order valence-corrected chi connectivity index (χ0v) is 11.4. The van der Waals surface area contributed by atoms with Crippen molar-refractivity contribution in [2.24, 2.45) is 5.92 Å². The van der Waals surface area contributed by atoms with Crippen LogP contribution in [0.25, 0.3) is 0 Å². The average Bonchev–Trinajstić information content (AvgIpc) is 2.43. The normalized spacial score (nSPS) is 19.8. The Balaban J connectivity index is 2.19. The van der Waals surface area contributed by atoms with Crippen LogP contribution in [0.15, 0.2) is 6.20 Å². The largest absolute Gasteiger partial charge is 0.481 e. The third kappa shape index (κ3) is 3.10. The van der Waals surface area contributed by atoms with Gasteiger partial charge in [-0.15, -0.1) is 0 Å². The van der Waals surface area contributed by atoms with Crippen molar-refractivity contribution in [1.82, 2.24) is 9.97 Å². The van der Waals surface area contributed by atoms with Gasteiger partial charge >= 0.3 is 5.97 Å². The number of fused-ring (bicyclic) bond motifs is 1. The minimum atomic E-state index is -0.726. The molecule has 1 aromatic heterocycles. The topological polar surface area (TPSA) is 72.3 Å². The van der Waals surface area contributed by atoms with E-state index in [0.717, 1.165) is 23.5 Å². The Bertz CT molecular complexity index is 462. The molecule has 0 saturated heterocycles. The molecular formula is C14H20N2O3. The van der Waals surface area contributed by atoms with Crippen molar-refractivity contribution >= 4 is 5.97 Å². The summed E-state index contributed by atoms with van der Waals surface area (Å²) in [6.45, 7) is 4.64. The second-order valence-electron chi connectivity index (χ2n) is 4.83. The molecule has 1 aromatic rings. The summed E-state index contributed by atoms with van der Waals surface area (Å²) in [5.74, 6) is -0.303. The summed E-state index contributed by atoms with van der Waals surface area (Å²) in [4.78, 5) is 19.9. The van der Waals surface area contributed by atoms with Gasteiger partial charge in [-0.3, -0.25) is 4.79 Å². The number of carboxylic acids is 1. The molecule has 1 aliphatic carbocycles. The van der Waals surface area contributed by atoms with E-state index in [0.29, 0.717) is 25.9 Å². The summed E-state index contributed by atoms with van der Waals surface area (Å²) >= 11 is 0. The number of rotatable bonds is 5. The molecule has 1 aliphatic rings. The van der Waals surface area contributed by atoms with Crippen molar-refractivity contribution in [3.63, 3.8) is 0 Å². The molecule has 19 heavy (non-hydrogen) atoms. The lowest BCUT2D eigenvalue weighted by Gasteiger charge is -2.22. The monoisotopic (exact) mass is 264 g/mol. The lowest BCUT2D eigenvalue weighted by molar-refractivity contribution is -0.142. The number of aliphatic carboxylic acids is 1. The van der Waals surface area contributed by atoms with E-state index >= 15 is 0 Å². The second-order valence-corrected chi connectivity index (χ2v) is 4.83. The minimum Gasteiger partial charge on any atom is -0.481 e. The van der Waals surface area contributed by atoms with Crippen LogP contribution in [0.1, 0.15) is 49.9 Å². The van der Waals surface area contributed by atoms with Crippen LogP contribution < -0.4 is 0 Å². The van der Waals surface area contributed by atoms with Crippen molar-refractivity contribution < 1.29 is 14.6 Å². The van der Waals surface area contributed by atoms with Crippen LogP contribution in [0, 0.1) is 5.92 Å². The van der Waals surface area contributed by atoms with Gasteiger partial charge in [0.1, 0.15) is 6.10 Å². The van der Waals surface area contributed by atoms with Gasteiger partial charge in [0.2, 0.25) is 0 Å². The first-order chi connectivity index (χ1) is 9.15. The molecule has 2 unspecified atom stereocenters. The van der Waals surface area contributed by atoms with E-state index < -0.39 is 5.97 Å². The van der Waals surface area contributed by atoms with Crippen molar-refractivity contribution in [3.8, 4) is 0 Å². The Kier molecular flexibility index (Phi) is 4.47. The molecule has 1 heterocycles. The lowest BCUT2D eigenvalue weighted by Crippen LogP contribution is -2.24. The standard InChI is InChI=1S/C14H20N2O3/c1-3-12(19-4-2)13-15-8-10-7-9(14(17)18)5-6-11(10)16-13/h8-9,12H,3-7H2,1-2H3,(H,17,18). The van der Waals surface area contributed by atoms with Gasteiger partial charge in [-0.05, 0) is 38.2 Å². The fourth-order valence-electron chi connectivity index (χ4n) is 2.47. The highest BCUT2D eigenvalue weighted by Crippen LogP contribution is 2.26. The molecule has 2 rings (SSSR count). The number of carbonyl (C=O) groups is 1. The lowest BCUT2D eigenvalue weighted by atomic mass is 9.87. The number of hydrogen-bond acceptors (Lipinski definition) is 4. The van der Waals surface area contributed by atoms with Crippen LogP contribution in [0.3, 0.4) is 0 Å². The third-order valence-corrected chi connectivity index (χ3v) is 3.54. The predicted molar refractivity (Wildman–Crippen MR) is 69.8 cm³/mol. The van der Waals surface area contributed by atoms with E-state index in [1.165, 1.54) is 0 Å². The third-order valence-electron chi connectivity index (χ3n) is 3.54. The molecule has 2 atom stereocenters. The van der Waals surface area contributed by atoms with Gasteiger partial charge in [-0.1, -0.05) is 6.92 Å². The summed E-state index contributed by atoms with van der Waals surface area (Å²) in [6, 6.07) is 0. The highest BCUT2D eigenvalue weighted by Gasteiger charge is 2.26. The maximum absolute atomic E-state index is 11.0. The van der Waals surface area contributed by atoms with Gasteiger partial charge in [-0.25, -0.2) is 9.97 Å². The first kappa shape index (κ1) is 13.9. The van der Waals surface area contributed by atoms with Crippen LogP contribution in [0.5, 0.6) is 0 Å². The van der Waals surface area contributed by atoms with Crippen molar-refractivity contribution in [3.05, 3.63) is 23.3 Å². The maximum atomic E-state index is 11.0. The highest BCUT2D eigenvalue weighted by molar-refractivity contribution is 5.70. The van der Waals surface area contributed by atoms with Crippen LogP contribution >= 0.6 is 0 Å². The number of ether oxygens (including phenoxy) is 1. The Morgan fingerprint density at radius 2 is 2.37 bits per heavy atom. The Labute approximate surface area is 113 Å². The number of nitrogens with zero attached hydrogens (tertiary/aromatic N) is 2. The fourth-order valence-corrected chi connectivity index (χ4v) is 2.47. The minimum absolute atomic E-state index is 0.0625. The van der Waals surface area contributed by atoms with E-state index in [9.17, 15) is 4.79 Å². The van der Waals surface area contributed by atoms with Crippen molar-refractivity contribution in [2.75, 3.05) is 6.61 Å². The molecule has 0 aromatic carbocycles. The number of aromatic nitrogens is 2. The van der Waals surface area contributed by atoms with Crippen LogP contribution in [0.4, 0.5) is 0 Å². The smallest absolute Gasteiger partial charge is 0.306 e. The van der Waals surface area contributed by atoms with E-state index in [2.05, 4.69) is 9.97 Å². The molecule has 0 amide bonds. The van der Waals surface area contributed by atoms with Gasteiger partial charge in [0.15, 0.2) is 5.82 Å².